The maximum absolute atomic E-state index is 10.7. The molecule has 0 aliphatic heterocycles. The van der Waals surface area contributed by atoms with Crippen LogP contribution in [0.5, 0.6) is 0 Å². The molecular weight excluding hydrogens is 214 g/mol. The molecule has 0 radical (unpaired) electrons. The van der Waals surface area contributed by atoms with Crippen LogP contribution < -0.4 is 0 Å². The Bertz CT molecular complexity index is 343. The molecule has 0 spiro atoms. The van der Waals surface area contributed by atoms with Crippen molar-refractivity contribution in [3.8, 4) is 0 Å². The van der Waals surface area contributed by atoms with Gasteiger partial charge < -0.3 is 10.2 Å². The first kappa shape index (κ1) is 12.0. The molecule has 0 fully saturated rings. The van der Waals surface area contributed by atoms with Gasteiger partial charge in [-0.15, -0.1) is 11.8 Å². The molecule has 0 saturated heterocycles. The van der Waals surface area contributed by atoms with Crippen LogP contribution in [-0.4, -0.2) is 33.0 Å². The summed E-state index contributed by atoms with van der Waals surface area (Å²) in [6.45, 7) is 2.10. The molecule has 4 nitrogen and oxygen atoms in total. The van der Waals surface area contributed by atoms with Crippen LogP contribution in [-0.2, 0) is 0 Å². The van der Waals surface area contributed by atoms with Crippen molar-refractivity contribution in [1.29, 1.82) is 0 Å². The number of aliphatic hydroxyl groups excluding tert-OH is 1. The third-order valence-corrected chi connectivity index (χ3v) is 2.91. The van der Waals surface area contributed by atoms with E-state index in [-0.39, 0.29) is 17.6 Å². The van der Waals surface area contributed by atoms with Gasteiger partial charge in [0.2, 0.25) is 0 Å². The van der Waals surface area contributed by atoms with E-state index in [1.54, 1.807) is 12.1 Å². The van der Waals surface area contributed by atoms with Crippen LogP contribution in [0.1, 0.15) is 23.8 Å². The number of aromatic carboxylic acids is 1. The lowest BCUT2D eigenvalue weighted by atomic mass is 10.3. The van der Waals surface area contributed by atoms with E-state index in [1.807, 2.05) is 6.92 Å². The van der Waals surface area contributed by atoms with Gasteiger partial charge in [0.05, 0.1) is 5.03 Å². The molecule has 1 aromatic heterocycles. The number of hydrogen-bond donors (Lipinski definition) is 2. The number of aromatic nitrogens is 1. The van der Waals surface area contributed by atoms with E-state index in [2.05, 4.69) is 4.98 Å². The van der Waals surface area contributed by atoms with E-state index < -0.39 is 5.97 Å². The lowest BCUT2D eigenvalue weighted by Gasteiger charge is -2.08. The number of carboxylic acid groups (broad SMARTS) is 1. The lowest BCUT2D eigenvalue weighted by Crippen LogP contribution is -2.03. The molecule has 0 aliphatic rings. The number of hydrogen-bond acceptors (Lipinski definition) is 4. The zero-order valence-corrected chi connectivity index (χ0v) is 9.20. The van der Waals surface area contributed by atoms with Crippen LogP contribution in [0.25, 0.3) is 0 Å². The molecule has 1 heterocycles. The smallest absolute Gasteiger partial charge is 0.354 e. The second-order valence-corrected chi connectivity index (χ2v) is 4.57. The van der Waals surface area contributed by atoms with E-state index in [0.29, 0.717) is 11.4 Å². The standard InChI is InChI=1S/C10H13NO3S/c1-7(5-6-12)15-9-4-2-3-8(11-9)10(13)14/h2-4,7,12H,5-6H2,1H3,(H,13,14). The predicted octanol–water partition coefficient (Wildman–Crippen LogP) is 1.64. The van der Waals surface area contributed by atoms with Gasteiger partial charge in [-0.25, -0.2) is 9.78 Å². The number of thioether (sulfide) groups is 1. The molecule has 0 aliphatic carbocycles. The van der Waals surface area contributed by atoms with Crippen molar-refractivity contribution in [2.45, 2.75) is 23.6 Å². The molecule has 0 amide bonds. The third-order valence-electron chi connectivity index (χ3n) is 1.80. The third kappa shape index (κ3) is 3.89. The summed E-state index contributed by atoms with van der Waals surface area (Å²) < 4.78 is 0. The Kier molecular flexibility index (Phi) is 4.58. The number of pyridine rings is 1. The minimum Gasteiger partial charge on any atom is -0.477 e. The van der Waals surface area contributed by atoms with Crippen molar-refractivity contribution in [3.63, 3.8) is 0 Å². The molecule has 1 aromatic rings. The molecule has 82 valence electrons. The number of carboxylic acids is 1. The first-order valence-electron chi connectivity index (χ1n) is 4.61. The van der Waals surface area contributed by atoms with Crippen molar-refractivity contribution >= 4 is 17.7 Å². The first-order chi connectivity index (χ1) is 7.13. The van der Waals surface area contributed by atoms with Crippen molar-refractivity contribution in [3.05, 3.63) is 23.9 Å². The van der Waals surface area contributed by atoms with Gasteiger partial charge in [-0.1, -0.05) is 13.0 Å². The average Bonchev–Trinajstić information content (AvgIpc) is 2.18. The minimum absolute atomic E-state index is 0.0520. The second kappa shape index (κ2) is 5.72. The van der Waals surface area contributed by atoms with Gasteiger partial charge >= 0.3 is 5.97 Å². The molecule has 0 aromatic carbocycles. The topological polar surface area (TPSA) is 70.4 Å². The fourth-order valence-electron chi connectivity index (χ4n) is 1.05. The van der Waals surface area contributed by atoms with Crippen LogP contribution in [0.2, 0.25) is 0 Å². The Labute approximate surface area is 92.3 Å². The minimum atomic E-state index is -1.02. The van der Waals surface area contributed by atoms with E-state index in [4.69, 9.17) is 10.2 Å². The molecule has 5 heteroatoms. The lowest BCUT2D eigenvalue weighted by molar-refractivity contribution is 0.0689. The SMILES string of the molecule is CC(CCO)Sc1cccc(C(=O)O)n1. The molecule has 1 atom stereocenters. The molecular formula is C10H13NO3S. The van der Waals surface area contributed by atoms with E-state index in [0.717, 1.165) is 0 Å². The highest BCUT2D eigenvalue weighted by atomic mass is 32.2. The summed E-state index contributed by atoms with van der Waals surface area (Å²) in [4.78, 5) is 14.6. The van der Waals surface area contributed by atoms with Crippen molar-refractivity contribution in [2.75, 3.05) is 6.61 Å². The monoisotopic (exact) mass is 227 g/mol. The maximum Gasteiger partial charge on any atom is 0.354 e. The zero-order chi connectivity index (χ0) is 11.3. The van der Waals surface area contributed by atoms with Crippen LogP contribution in [0.3, 0.4) is 0 Å². The van der Waals surface area contributed by atoms with Gasteiger partial charge in [0.15, 0.2) is 0 Å². The molecule has 1 unspecified atom stereocenters. The molecule has 1 rings (SSSR count). The number of nitrogens with zero attached hydrogens (tertiary/aromatic N) is 1. The van der Waals surface area contributed by atoms with E-state index >= 15 is 0 Å². The van der Waals surface area contributed by atoms with Gasteiger partial charge in [0, 0.05) is 11.9 Å². The predicted molar refractivity (Wildman–Crippen MR) is 58.2 cm³/mol. The zero-order valence-electron chi connectivity index (χ0n) is 8.38. The highest BCUT2D eigenvalue weighted by Crippen LogP contribution is 2.22. The summed E-state index contributed by atoms with van der Waals surface area (Å²) >= 11 is 1.47. The summed E-state index contributed by atoms with van der Waals surface area (Å²) in [6, 6.07) is 4.90. The van der Waals surface area contributed by atoms with Crippen molar-refractivity contribution in [2.24, 2.45) is 0 Å². The highest BCUT2D eigenvalue weighted by molar-refractivity contribution is 7.99. The number of aliphatic hydroxyl groups is 1. The van der Waals surface area contributed by atoms with Crippen LogP contribution >= 0.6 is 11.8 Å². The summed E-state index contributed by atoms with van der Waals surface area (Å²) in [5.74, 6) is -1.02. The number of carbonyl (C=O) groups is 1. The number of rotatable bonds is 5. The van der Waals surface area contributed by atoms with Gasteiger partial charge in [0.25, 0.3) is 0 Å². The fraction of sp³-hybridized carbons (Fsp3) is 0.400. The second-order valence-electron chi connectivity index (χ2n) is 3.11. The van der Waals surface area contributed by atoms with Crippen LogP contribution in [0.4, 0.5) is 0 Å². The van der Waals surface area contributed by atoms with Crippen molar-refractivity contribution < 1.29 is 15.0 Å². The summed E-state index contributed by atoms with van der Waals surface area (Å²) in [5.41, 5.74) is 0.0520. The Morgan fingerprint density at radius 3 is 2.93 bits per heavy atom. The van der Waals surface area contributed by atoms with E-state index in [1.165, 1.54) is 17.8 Å². The maximum atomic E-state index is 10.7. The normalized spacial score (nSPS) is 12.4. The van der Waals surface area contributed by atoms with Gasteiger partial charge in [-0.05, 0) is 18.6 Å². The summed E-state index contributed by atoms with van der Waals surface area (Å²) in [5, 5.41) is 18.4. The average molecular weight is 227 g/mol. The Morgan fingerprint density at radius 2 is 2.33 bits per heavy atom. The quantitative estimate of drug-likeness (QED) is 0.748. The largest absolute Gasteiger partial charge is 0.477 e. The highest BCUT2D eigenvalue weighted by Gasteiger charge is 2.08. The molecule has 0 saturated carbocycles. The van der Waals surface area contributed by atoms with Crippen LogP contribution in [0, 0.1) is 0 Å². The van der Waals surface area contributed by atoms with Gasteiger partial charge in [-0.2, -0.15) is 0 Å². The molecule has 2 N–H and O–H groups in total. The van der Waals surface area contributed by atoms with Gasteiger partial charge in [0.1, 0.15) is 5.69 Å². The van der Waals surface area contributed by atoms with Crippen LogP contribution in [0.15, 0.2) is 23.2 Å². The fourth-order valence-corrected chi connectivity index (χ4v) is 1.99. The Hall–Kier alpha value is -1.07. The Morgan fingerprint density at radius 1 is 1.60 bits per heavy atom. The molecule has 0 bridgehead atoms. The molecule has 15 heavy (non-hydrogen) atoms. The Balaban J connectivity index is 2.69. The summed E-state index contributed by atoms with van der Waals surface area (Å²) in [6.07, 6.45) is 0.670. The first-order valence-corrected chi connectivity index (χ1v) is 5.49. The summed E-state index contributed by atoms with van der Waals surface area (Å²) in [7, 11) is 0. The van der Waals surface area contributed by atoms with Gasteiger partial charge in [-0.3, -0.25) is 0 Å². The van der Waals surface area contributed by atoms with E-state index in [9.17, 15) is 4.79 Å². The van der Waals surface area contributed by atoms with Crippen molar-refractivity contribution in [1.82, 2.24) is 4.98 Å².